The smallest absolute Gasteiger partial charge is 0.147 e. The van der Waals surface area contributed by atoms with Gasteiger partial charge in [0.2, 0.25) is 0 Å². The predicted molar refractivity (Wildman–Crippen MR) is 61.3 cm³/mol. The minimum atomic E-state index is 0.208. The molecule has 16 heavy (non-hydrogen) atoms. The van der Waals surface area contributed by atoms with Crippen LogP contribution < -0.4 is 5.32 Å². The number of hydrogen-bond donors (Lipinski definition) is 1. The van der Waals surface area contributed by atoms with Gasteiger partial charge in [0.25, 0.3) is 0 Å². The molecular weight excluding hydrogens is 206 g/mol. The zero-order valence-electron chi connectivity index (χ0n) is 9.90. The fourth-order valence-corrected chi connectivity index (χ4v) is 1.38. The number of rotatable bonds is 8. The van der Waals surface area contributed by atoms with Crippen LogP contribution in [0.5, 0.6) is 0 Å². The fraction of sp³-hybridized carbons (Fsp3) is 0.636. The average molecular weight is 225 g/mol. The van der Waals surface area contributed by atoms with Gasteiger partial charge < -0.3 is 14.6 Å². The number of carbonyl (C=O) groups is 1. The van der Waals surface area contributed by atoms with Crippen LogP contribution in [-0.4, -0.2) is 42.1 Å². The summed E-state index contributed by atoms with van der Waals surface area (Å²) < 4.78 is 6.81. The first-order chi connectivity index (χ1) is 7.74. The third-order valence-corrected chi connectivity index (χ3v) is 2.35. The number of ketones is 1. The van der Waals surface area contributed by atoms with Crippen molar-refractivity contribution in [3.63, 3.8) is 0 Å². The van der Waals surface area contributed by atoms with Crippen LogP contribution in [0.3, 0.4) is 0 Å². The lowest BCUT2D eigenvalue weighted by atomic mass is 10.2. The molecule has 0 aliphatic rings. The molecule has 0 amide bonds. The normalized spacial score (nSPS) is 10.6. The van der Waals surface area contributed by atoms with Gasteiger partial charge in [-0.05, 0) is 0 Å². The van der Waals surface area contributed by atoms with Crippen LogP contribution in [0.2, 0.25) is 0 Å². The van der Waals surface area contributed by atoms with Gasteiger partial charge in [-0.25, -0.2) is 4.98 Å². The molecule has 1 N–H and O–H groups in total. The van der Waals surface area contributed by atoms with Gasteiger partial charge in [-0.3, -0.25) is 4.79 Å². The summed E-state index contributed by atoms with van der Waals surface area (Å²) in [6.45, 7) is 1.76. The van der Waals surface area contributed by atoms with E-state index in [0.29, 0.717) is 32.5 Å². The van der Waals surface area contributed by atoms with Gasteiger partial charge >= 0.3 is 0 Å². The van der Waals surface area contributed by atoms with Gasteiger partial charge in [0.05, 0.1) is 13.2 Å². The second-order valence-corrected chi connectivity index (χ2v) is 3.66. The highest BCUT2D eigenvalue weighted by Crippen LogP contribution is 1.99. The van der Waals surface area contributed by atoms with E-state index in [1.165, 1.54) is 0 Å². The highest BCUT2D eigenvalue weighted by atomic mass is 16.5. The Balaban J connectivity index is 2.13. The van der Waals surface area contributed by atoms with E-state index < -0.39 is 0 Å². The van der Waals surface area contributed by atoms with E-state index >= 15 is 0 Å². The Kier molecular flexibility index (Phi) is 5.74. The standard InChI is InChI=1S/C11H19N3O2/c1-14-7-5-13-11(14)4-3-10(15)9-12-6-8-16-2/h5,7,12H,3-4,6,8-9H2,1-2H3. The number of nitrogens with one attached hydrogen (secondary N) is 1. The first kappa shape index (κ1) is 12.9. The van der Waals surface area contributed by atoms with Gasteiger partial charge in [0, 0.05) is 45.9 Å². The first-order valence-electron chi connectivity index (χ1n) is 5.41. The highest BCUT2D eigenvalue weighted by Gasteiger charge is 2.04. The third kappa shape index (κ3) is 4.55. The van der Waals surface area contributed by atoms with Crippen LogP contribution in [0.1, 0.15) is 12.2 Å². The monoisotopic (exact) mass is 225 g/mol. The Morgan fingerprint density at radius 3 is 3.06 bits per heavy atom. The summed E-state index contributed by atoms with van der Waals surface area (Å²) in [5.74, 6) is 1.16. The lowest BCUT2D eigenvalue weighted by Gasteiger charge is -2.03. The third-order valence-electron chi connectivity index (χ3n) is 2.35. The van der Waals surface area contributed by atoms with E-state index in [4.69, 9.17) is 4.74 Å². The molecule has 1 aromatic heterocycles. The van der Waals surface area contributed by atoms with Crippen molar-refractivity contribution in [1.29, 1.82) is 0 Å². The topological polar surface area (TPSA) is 56.1 Å². The molecule has 0 aromatic carbocycles. The summed E-state index contributed by atoms with van der Waals surface area (Å²) in [4.78, 5) is 15.6. The Morgan fingerprint density at radius 1 is 1.62 bits per heavy atom. The van der Waals surface area contributed by atoms with Crippen molar-refractivity contribution in [3.8, 4) is 0 Å². The molecule has 0 fully saturated rings. The largest absolute Gasteiger partial charge is 0.383 e. The minimum absolute atomic E-state index is 0.208. The summed E-state index contributed by atoms with van der Waals surface area (Å²) in [7, 11) is 3.58. The number of imidazole rings is 1. The number of ether oxygens (including phenoxy) is 1. The molecule has 0 aliphatic carbocycles. The lowest BCUT2D eigenvalue weighted by molar-refractivity contribution is -0.118. The van der Waals surface area contributed by atoms with E-state index in [2.05, 4.69) is 10.3 Å². The van der Waals surface area contributed by atoms with E-state index in [-0.39, 0.29) is 5.78 Å². The molecule has 5 nitrogen and oxygen atoms in total. The van der Waals surface area contributed by atoms with Crippen molar-refractivity contribution < 1.29 is 9.53 Å². The maximum absolute atomic E-state index is 11.5. The van der Waals surface area contributed by atoms with Crippen LogP contribution in [-0.2, 0) is 23.0 Å². The number of aromatic nitrogens is 2. The van der Waals surface area contributed by atoms with Crippen LogP contribution in [0.15, 0.2) is 12.4 Å². The number of nitrogens with zero attached hydrogens (tertiary/aromatic N) is 2. The number of aryl methyl sites for hydroxylation is 2. The molecule has 90 valence electrons. The Labute approximate surface area is 95.8 Å². The van der Waals surface area contributed by atoms with Crippen molar-refractivity contribution in [2.24, 2.45) is 7.05 Å². The molecule has 1 heterocycles. The van der Waals surface area contributed by atoms with Crippen LogP contribution in [0, 0.1) is 0 Å². The average Bonchev–Trinajstić information content (AvgIpc) is 2.67. The maximum Gasteiger partial charge on any atom is 0.147 e. The van der Waals surface area contributed by atoms with Gasteiger partial charge in [-0.15, -0.1) is 0 Å². The second kappa shape index (κ2) is 7.14. The van der Waals surface area contributed by atoms with E-state index in [9.17, 15) is 4.79 Å². The number of Topliss-reactive ketones (excluding diaryl/α,β-unsaturated/α-hetero) is 1. The van der Waals surface area contributed by atoms with Crippen LogP contribution >= 0.6 is 0 Å². The molecule has 1 rings (SSSR count). The summed E-state index contributed by atoms with van der Waals surface area (Å²) in [6.07, 6.45) is 4.87. The Hall–Kier alpha value is -1.20. The molecule has 0 spiro atoms. The number of methoxy groups -OCH3 is 1. The molecular formula is C11H19N3O2. The molecule has 0 aliphatic heterocycles. The molecule has 0 bridgehead atoms. The first-order valence-corrected chi connectivity index (χ1v) is 5.41. The van der Waals surface area contributed by atoms with Gasteiger partial charge in [-0.2, -0.15) is 0 Å². The molecule has 0 atom stereocenters. The van der Waals surface area contributed by atoms with Crippen molar-refractivity contribution in [3.05, 3.63) is 18.2 Å². The predicted octanol–water partition coefficient (Wildman–Crippen LogP) is 0.158. The quantitative estimate of drug-likeness (QED) is 0.640. The molecule has 1 aromatic rings. The van der Waals surface area contributed by atoms with Gasteiger partial charge in [-0.1, -0.05) is 0 Å². The van der Waals surface area contributed by atoms with Crippen LogP contribution in [0.25, 0.3) is 0 Å². The molecule has 5 heteroatoms. The van der Waals surface area contributed by atoms with E-state index in [0.717, 1.165) is 5.82 Å². The van der Waals surface area contributed by atoms with Gasteiger partial charge in [0.1, 0.15) is 11.6 Å². The van der Waals surface area contributed by atoms with Crippen LogP contribution in [0.4, 0.5) is 0 Å². The summed E-state index contributed by atoms with van der Waals surface area (Å²) >= 11 is 0. The SMILES string of the molecule is COCCNCC(=O)CCc1nccn1C. The maximum atomic E-state index is 11.5. The fourth-order valence-electron chi connectivity index (χ4n) is 1.38. The lowest BCUT2D eigenvalue weighted by Crippen LogP contribution is -2.26. The van der Waals surface area contributed by atoms with Gasteiger partial charge in [0.15, 0.2) is 0 Å². The summed E-state index contributed by atoms with van der Waals surface area (Å²) in [6, 6.07) is 0. The Morgan fingerprint density at radius 2 is 2.44 bits per heavy atom. The highest BCUT2D eigenvalue weighted by molar-refractivity contribution is 5.80. The van der Waals surface area contributed by atoms with E-state index in [1.54, 1.807) is 13.3 Å². The summed E-state index contributed by atoms with van der Waals surface area (Å²) in [5.41, 5.74) is 0. The van der Waals surface area contributed by atoms with Crippen molar-refractivity contribution in [1.82, 2.24) is 14.9 Å². The molecule has 0 saturated carbocycles. The number of hydrogen-bond acceptors (Lipinski definition) is 4. The summed E-state index contributed by atoms with van der Waals surface area (Å²) in [5, 5.41) is 3.03. The van der Waals surface area contributed by atoms with Crippen molar-refractivity contribution in [2.45, 2.75) is 12.8 Å². The zero-order chi connectivity index (χ0) is 11.8. The van der Waals surface area contributed by atoms with E-state index in [1.807, 2.05) is 17.8 Å². The zero-order valence-corrected chi connectivity index (χ0v) is 9.90. The molecule has 0 radical (unpaired) electrons. The van der Waals surface area contributed by atoms with Crippen molar-refractivity contribution in [2.75, 3.05) is 26.8 Å². The van der Waals surface area contributed by atoms with Crippen molar-refractivity contribution >= 4 is 5.78 Å². The number of carbonyl (C=O) groups excluding carboxylic acids is 1. The minimum Gasteiger partial charge on any atom is -0.383 e. The molecule has 0 unspecified atom stereocenters. The Bertz CT molecular complexity index is 323. The second-order valence-electron chi connectivity index (χ2n) is 3.66. The molecule has 0 saturated heterocycles.